The number of thiazole rings is 1. The third-order valence-electron chi connectivity index (χ3n) is 4.33. The van der Waals surface area contributed by atoms with Gasteiger partial charge in [0.05, 0.1) is 0 Å². The number of aromatic nitrogens is 2. The van der Waals surface area contributed by atoms with Crippen molar-refractivity contribution in [3.05, 3.63) is 60.2 Å². The van der Waals surface area contributed by atoms with E-state index >= 15 is 0 Å². The highest BCUT2D eigenvalue weighted by atomic mass is 32.1. The first-order chi connectivity index (χ1) is 12.8. The number of hydrogen-bond donors (Lipinski definition) is 1. The Bertz CT molecular complexity index is 861. The van der Waals surface area contributed by atoms with Gasteiger partial charge in [0.25, 0.3) is 0 Å². The number of urea groups is 1. The Hall–Kier alpha value is -2.93. The summed E-state index contributed by atoms with van der Waals surface area (Å²) in [5, 5.41) is 5.89. The van der Waals surface area contributed by atoms with Crippen molar-refractivity contribution in [1.29, 1.82) is 0 Å². The van der Waals surface area contributed by atoms with E-state index in [9.17, 15) is 4.79 Å². The summed E-state index contributed by atoms with van der Waals surface area (Å²) < 4.78 is 0. The van der Waals surface area contributed by atoms with Crippen molar-refractivity contribution in [2.75, 3.05) is 36.4 Å². The monoisotopic (exact) mass is 365 g/mol. The third kappa shape index (κ3) is 3.67. The number of nitrogens with one attached hydrogen (secondary N) is 1. The molecule has 26 heavy (non-hydrogen) atoms. The van der Waals surface area contributed by atoms with Crippen LogP contribution in [0.1, 0.15) is 0 Å². The van der Waals surface area contributed by atoms with Gasteiger partial charge in [-0.3, -0.25) is 0 Å². The normalized spacial score (nSPS) is 14.3. The fraction of sp³-hybridized carbons (Fsp3) is 0.211. The molecule has 7 heteroatoms. The minimum Gasteiger partial charge on any atom is -0.353 e. The standard InChI is InChI=1S/C19H19N5OS/c25-19(22-16-5-3-4-15(14-16)18-21-8-13-26-18)24-11-9-23(10-12-24)17-6-1-2-7-20-17/h1-8,13-14H,9-12H2,(H,22,25). The Morgan fingerprint density at radius 1 is 1.00 bits per heavy atom. The quantitative estimate of drug-likeness (QED) is 0.771. The number of amides is 2. The molecule has 2 amide bonds. The summed E-state index contributed by atoms with van der Waals surface area (Å²) in [6, 6.07) is 13.6. The molecule has 0 atom stereocenters. The van der Waals surface area contributed by atoms with Gasteiger partial charge in [-0.25, -0.2) is 14.8 Å². The highest BCUT2D eigenvalue weighted by molar-refractivity contribution is 7.13. The van der Waals surface area contributed by atoms with Crippen LogP contribution >= 0.6 is 11.3 Å². The minimum atomic E-state index is -0.0676. The summed E-state index contributed by atoms with van der Waals surface area (Å²) in [4.78, 5) is 25.3. The van der Waals surface area contributed by atoms with Gasteiger partial charge in [-0.05, 0) is 24.3 Å². The van der Waals surface area contributed by atoms with Crippen LogP contribution in [0.5, 0.6) is 0 Å². The van der Waals surface area contributed by atoms with E-state index in [4.69, 9.17) is 0 Å². The van der Waals surface area contributed by atoms with Crippen LogP contribution in [0.3, 0.4) is 0 Å². The van der Waals surface area contributed by atoms with Crippen molar-refractivity contribution in [3.8, 4) is 10.6 Å². The molecular formula is C19H19N5OS. The van der Waals surface area contributed by atoms with E-state index in [1.165, 1.54) is 0 Å². The average Bonchev–Trinajstić information content (AvgIpc) is 3.24. The smallest absolute Gasteiger partial charge is 0.321 e. The lowest BCUT2D eigenvalue weighted by atomic mass is 10.2. The first-order valence-corrected chi connectivity index (χ1v) is 9.39. The van der Waals surface area contributed by atoms with Gasteiger partial charge in [-0.15, -0.1) is 11.3 Å². The molecule has 2 aromatic heterocycles. The number of nitrogens with zero attached hydrogens (tertiary/aromatic N) is 4. The molecule has 3 heterocycles. The van der Waals surface area contributed by atoms with Crippen molar-refractivity contribution in [1.82, 2.24) is 14.9 Å². The van der Waals surface area contributed by atoms with Crippen molar-refractivity contribution in [3.63, 3.8) is 0 Å². The highest BCUT2D eigenvalue weighted by Crippen LogP contribution is 2.24. The maximum absolute atomic E-state index is 12.6. The first-order valence-electron chi connectivity index (χ1n) is 8.51. The van der Waals surface area contributed by atoms with Gasteiger partial charge < -0.3 is 15.1 Å². The number of carbonyl (C=O) groups is 1. The second-order valence-electron chi connectivity index (χ2n) is 6.01. The Morgan fingerprint density at radius 2 is 1.88 bits per heavy atom. The minimum absolute atomic E-state index is 0.0676. The summed E-state index contributed by atoms with van der Waals surface area (Å²) in [6.07, 6.45) is 3.58. The molecule has 1 fully saturated rings. The number of anilines is 2. The van der Waals surface area contributed by atoms with E-state index in [-0.39, 0.29) is 6.03 Å². The van der Waals surface area contributed by atoms with E-state index in [1.54, 1.807) is 23.7 Å². The largest absolute Gasteiger partial charge is 0.353 e. The fourth-order valence-corrected chi connectivity index (χ4v) is 3.61. The number of pyridine rings is 1. The van der Waals surface area contributed by atoms with Gasteiger partial charge >= 0.3 is 6.03 Å². The molecule has 0 unspecified atom stereocenters. The lowest BCUT2D eigenvalue weighted by Crippen LogP contribution is -2.50. The van der Waals surface area contributed by atoms with Gasteiger partial charge in [0.2, 0.25) is 0 Å². The highest BCUT2D eigenvalue weighted by Gasteiger charge is 2.21. The predicted octanol–water partition coefficient (Wildman–Crippen LogP) is 3.56. The van der Waals surface area contributed by atoms with Gasteiger partial charge in [-0.1, -0.05) is 18.2 Å². The third-order valence-corrected chi connectivity index (χ3v) is 5.16. The molecule has 1 N–H and O–H groups in total. The van der Waals surface area contributed by atoms with Crippen LogP contribution in [0, 0.1) is 0 Å². The Kier molecular flexibility index (Phi) is 4.79. The van der Waals surface area contributed by atoms with Crippen LogP contribution in [0.4, 0.5) is 16.3 Å². The van der Waals surface area contributed by atoms with Crippen LogP contribution in [-0.4, -0.2) is 47.1 Å². The zero-order valence-corrected chi connectivity index (χ0v) is 15.0. The maximum atomic E-state index is 12.6. The van der Waals surface area contributed by atoms with Crippen molar-refractivity contribution >= 4 is 28.9 Å². The van der Waals surface area contributed by atoms with Crippen molar-refractivity contribution in [2.24, 2.45) is 0 Å². The first kappa shape index (κ1) is 16.5. The number of rotatable bonds is 3. The molecule has 1 saturated heterocycles. The summed E-state index contributed by atoms with van der Waals surface area (Å²) in [7, 11) is 0. The molecule has 0 aliphatic carbocycles. The molecule has 1 aliphatic heterocycles. The lowest BCUT2D eigenvalue weighted by Gasteiger charge is -2.35. The van der Waals surface area contributed by atoms with Crippen LogP contribution in [0.2, 0.25) is 0 Å². The fourth-order valence-electron chi connectivity index (χ4n) is 2.98. The van der Waals surface area contributed by atoms with E-state index in [0.717, 1.165) is 35.2 Å². The SMILES string of the molecule is O=C(Nc1cccc(-c2nccs2)c1)N1CCN(c2ccccn2)CC1. The van der Waals surface area contributed by atoms with Crippen molar-refractivity contribution in [2.45, 2.75) is 0 Å². The molecular weight excluding hydrogens is 346 g/mol. The summed E-state index contributed by atoms with van der Waals surface area (Å²) in [6.45, 7) is 2.91. The van der Waals surface area contributed by atoms with E-state index < -0.39 is 0 Å². The summed E-state index contributed by atoms with van der Waals surface area (Å²) in [5.74, 6) is 0.962. The average molecular weight is 365 g/mol. The van der Waals surface area contributed by atoms with Gasteiger partial charge in [0, 0.05) is 55.2 Å². The number of carbonyl (C=O) groups excluding carboxylic acids is 1. The molecule has 6 nitrogen and oxygen atoms in total. The van der Waals surface area contributed by atoms with Gasteiger partial charge in [-0.2, -0.15) is 0 Å². The predicted molar refractivity (Wildman–Crippen MR) is 105 cm³/mol. The Labute approximate surface area is 156 Å². The molecule has 1 aromatic carbocycles. The molecule has 1 aliphatic rings. The Balaban J connectivity index is 1.37. The maximum Gasteiger partial charge on any atom is 0.321 e. The molecule has 0 saturated carbocycles. The second-order valence-corrected chi connectivity index (χ2v) is 6.90. The summed E-state index contributed by atoms with van der Waals surface area (Å²) in [5.41, 5.74) is 1.80. The topological polar surface area (TPSA) is 61.4 Å². The van der Waals surface area contributed by atoms with Crippen LogP contribution in [0.15, 0.2) is 60.2 Å². The number of benzene rings is 1. The van der Waals surface area contributed by atoms with Crippen molar-refractivity contribution < 1.29 is 4.79 Å². The molecule has 132 valence electrons. The molecule has 3 aromatic rings. The Morgan fingerprint density at radius 3 is 2.62 bits per heavy atom. The van der Waals surface area contributed by atoms with Crippen LogP contribution in [0.25, 0.3) is 10.6 Å². The molecule has 0 spiro atoms. The van der Waals surface area contributed by atoms with E-state index in [2.05, 4.69) is 20.2 Å². The molecule has 0 bridgehead atoms. The molecule has 0 radical (unpaired) electrons. The molecule has 4 rings (SSSR count). The van der Waals surface area contributed by atoms with E-state index in [0.29, 0.717) is 13.1 Å². The zero-order valence-electron chi connectivity index (χ0n) is 14.2. The van der Waals surface area contributed by atoms with Crippen LogP contribution in [-0.2, 0) is 0 Å². The number of piperazine rings is 1. The second kappa shape index (κ2) is 7.53. The van der Waals surface area contributed by atoms with Gasteiger partial charge in [0.1, 0.15) is 10.8 Å². The van der Waals surface area contributed by atoms with E-state index in [1.807, 2.05) is 52.7 Å². The lowest BCUT2D eigenvalue weighted by molar-refractivity contribution is 0.208. The van der Waals surface area contributed by atoms with Gasteiger partial charge in [0.15, 0.2) is 0 Å². The summed E-state index contributed by atoms with van der Waals surface area (Å²) >= 11 is 1.58. The van der Waals surface area contributed by atoms with Crippen LogP contribution < -0.4 is 10.2 Å². The number of hydrogen-bond acceptors (Lipinski definition) is 5. The zero-order chi connectivity index (χ0) is 17.8.